The Hall–Kier alpha value is -2.96. The molecule has 4 N–H and O–H groups in total. The number of benzene rings is 1. The molecule has 0 amide bonds. The molecule has 6 nitrogen and oxygen atoms in total. The summed E-state index contributed by atoms with van der Waals surface area (Å²) >= 11 is 0. The summed E-state index contributed by atoms with van der Waals surface area (Å²) in [5.41, 5.74) is 12.5. The van der Waals surface area contributed by atoms with E-state index in [4.69, 9.17) is 15.9 Å². The van der Waals surface area contributed by atoms with Crippen LogP contribution in [0.15, 0.2) is 41.1 Å². The van der Waals surface area contributed by atoms with Crippen LogP contribution < -0.4 is 11.5 Å². The minimum absolute atomic E-state index is 0.0900. The molecule has 0 aliphatic rings. The Morgan fingerprint density at radius 3 is 2.45 bits per heavy atom. The normalized spacial score (nSPS) is 12.3. The van der Waals surface area contributed by atoms with Crippen molar-refractivity contribution >= 4 is 11.4 Å². The molecule has 0 aliphatic carbocycles. The van der Waals surface area contributed by atoms with Gasteiger partial charge in [-0.15, -0.1) is 10.2 Å². The monoisotopic (exact) mass is 299 g/mol. The third-order valence-corrected chi connectivity index (χ3v) is 3.38. The number of halogens is 1. The van der Waals surface area contributed by atoms with Gasteiger partial charge in [0.1, 0.15) is 0 Å². The van der Waals surface area contributed by atoms with Gasteiger partial charge in [0.15, 0.2) is 5.82 Å². The molecule has 3 rings (SSSR count). The molecular formula is C15H14FN5O. The van der Waals surface area contributed by atoms with Gasteiger partial charge in [-0.3, -0.25) is 4.98 Å². The van der Waals surface area contributed by atoms with E-state index >= 15 is 0 Å². The summed E-state index contributed by atoms with van der Waals surface area (Å²) < 4.78 is 20.1. The van der Waals surface area contributed by atoms with Gasteiger partial charge < -0.3 is 15.9 Å². The van der Waals surface area contributed by atoms with Gasteiger partial charge in [-0.25, -0.2) is 4.39 Å². The molecule has 2 aromatic heterocycles. The van der Waals surface area contributed by atoms with E-state index in [9.17, 15) is 4.39 Å². The molecule has 3 aromatic rings. The highest BCUT2D eigenvalue weighted by molar-refractivity contribution is 5.66. The van der Waals surface area contributed by atoms with Gasteiger partial charge >= 0.3 is 0 Å². The van der Waals surface area contributed by atoms with Crippen molar-refractivity contribution in [1.29, 1.82) is 0 Å². The average Bonchev–Trinajstić information content (AvgIpc) is 2.95. The van der Waals surface area contributed by atoms with Crippen molar-refractivity contribution in [2.24, 2.45) is 0 Å². The molecule has 0 spiro atoms. The summed E-state index contributed by atoms with van der Waals surface area (Å²) in [6.07, 6.45) is 3.23. The Labute approximate surface area is 126 Å². The van der Waals surface area contributed by atoms with Crippen LogP contribution in [0.25, 0.3) is 0 Å². The van der Waals surface area contributed by atoms with Crippen LogP contribution in [0.1, 0.15) is 28.8 Å². The lowest BCUT2D eigenvalue weighted by atomic mass is 9.90. The van der Waals surface area contributed by atoms with Crippen LogP contribution in [-0.2, 0) is 0 Å². The van der Waals surface area contributed by atoms with E-state index in [2.05, 4.69) is 15.2 Å². The van der Waals surface area contributed by atoms with E-state index in [1.165, 1.54) is 0 Å². The molecule has 22 heavy (non-hydrogen) atoms. The Morgan fingerprint density at radius 1 is 1.09 bits per heavy atom. The summed E-state index contributed by atoms with van der Waals surface area (Å²) in [4.78, 5) is 3.97. The number of rotatable bonds is 3. The van der Waals surface area contributed by atoms with Gasteiger partial charge in [-0.05, 0) is 23.8 Å². The van der Waals surface area contributed by atoms with E-state index in [0.717, 1.165) is 5.56 Å². The predicted molar refractivity (Wildman–Crippen MR) is 79.4 cm³/mol. The first-order valence-electron chi connectivity index (χ1n) is 6.61. The first-order chi connectivity index (χ1) is 10.6. The number of aromatic nitrogens is 3. The molecule has 0 saturated heterocycles. The van der Waals surface area contributed by atoms with Gasteiger partial charge in [-0.2, -0.15) is 0 Å². The third kappa shape index (κ3) is 2.37. The number of anilines is 2. The Kier molecular flexibility index (Phi) is 3.46. The molecule has 0 aliphatic heterocycles. The number of nitrogen functional groups attached to an aromatic ring is 2. The molecule has 112 valence electrons. The van der Waals surface area contributed by atoms with Crippen LogP contribution in [-0.4, -0.2) is 15.2 Å². The minimum Gasteiger partial charge on any atom is -0.425 e. The first kappa shape index (κ1) is 14.0. The predicted octanol–water partition coefficient (Wildman–Crippen LogP) is 2.26. The fourth-order valence-electron chi connectivity index (χ4n) is 2.29. The molecule has 1 aromatic carbocycles. The maximum atomic E-state index is 14.6. The topological polar surface area (TPSA) is 104 Å². The van der Waals surface area contributed by atoms with Gasteiger partial charge in [0.2, 0.25) is 11.8 Å². The Balaban J connectivity index is 2.21. The third-order valence-electron chi connectivity index (χ3n) is 3.38. The summed E-state index contributed by atoms with van der Waals surface area (Å²) in [5.74, 6) is -0.477. The van der Waals surface area contributed by atoms with Gasteiger partial charge in [0, 0.05) is 24.9 Å². The van der Waals surface area contributed by atoms with Crippen LogP contribution in [0.4, 0.5) is 15.8 Å². The molecule has 2 heterocycles. The van der Waals surface area contributed by atoms with Crippen LogP contribution in [0.3, 0.4) is 0 Å². The maximum absolute atomic E-state index is 14.6. The summed E-state index contributed by atoms with van der Waals surface area (Å²) in [6.45, 7) is 1.67. The lowest BCUT2D eigenvalue weighted by molar-refractivity contribution is 0.457. The minimum atomic E-state index is -0.585. The van der Waals surface area contributed by atoms with Crippen LogP contribution >= 0.6 is 0 Å². The highest BCUT2D eigenvalue weighted by Gasteiger charge is 2.26. The van der Waals surface area contributed by atoms with Crippen LogP contribution in [0.2, 0.25) is 0 Å². The molecule has 0 radical (unpaired) electrons. The Bertz CT molecular complexity index is 803. The molecule has 0 bridgehead atoms. The molecule has 1 atom stereocenters. The number of nitrogens with two attached hydrogens (primary N) is 2. The molecular weight excluding hydrogens is 285 g/mol. The fourth-order valence-corrected chi connectivity index (χ4v) is 2.29. The number of nitrogens with zero attached hydrogens (tertiary/aromatic N) is 3. The Morgan fingerprint density at radius 2 is 1.82 bits per heavy atom. The van der Waals surface area contributed by atoms with E-state index in [0.29, 0.717) is 11.5 Å². The first-order valence-corrected chi connectivity index (χ1v) is 6.61. The zero-order valence-electron chi connectivity index (χ0n) is 11.8. The van der Waals surface area contributed by atoms with Crippen molar-refractivity contribution in [1.82, 2.24) is 15.2 Å². The van der Waals surface area contributed by atoms with E-state index in [1.807, 2.05) is 0 Å². The second-order valence-electron chi connectivity index (χ2n) is 4.84. The average molecular weight is 299 g/mol. The van der Waals surface area contributed by atoms with Gasteiger partial charge in [0.05, 0.1) is 17.3 Å². The van der Waals surface area contributed by atoms with Gasteiger partial charge in [0.25, 0.3) is 0 Å². The van der Waals surface area contributed by atoms with Crippen molar-refractivity contribution < 1.29 is 8.81 Å². The van der Waals surface area contributed by atoms with Crippen LogP contribution in [0, 0.1) is 12.7 Å². The lowest BCUT2D eigenvalue weighted by Crippen LogP contribution is -2.09. The summed E-state index contributed by atoms with van der Waals surface area (Å²) in [5, 5.41) is 7.83. The van der Waals surface area contributed by atoms with E-state index in [1.54, 1.807) is 43.6 Å². The zero-order valence-corrected chi connectivity index (χ0v) is 11.8. The largest absolute Gasteiger partial charge is 0.425 e. The fraction of sp³-hybridized carbons (Fsp3) is 0.133. The summed E-state index contributed by atoms with van der Waals surface area (Å²) in [7, 11) is 0. The van der Waals surface area contributed by atoms with Crippen molar-refractivity contribution in [3.63, 3.8) is 0 Å². The highest BCUT2D eigenvalue weighted by Crippen LogP contribution is 2.35. The van der Waals surface area contributed by atoms with Gasteiger partial charge in [-0.1, -0.05) is 6.07 Å². The van der Waals surface area contributed by atoms with Crippen molar-refractivity contribution in [2.75, 3.05) is 11.5 Å². The van der Waals surface area contributed by atoms with E-state index in [-0.39, 0.29) is 17.3 Å². The molecule has 7 heteroatoms. The second kappa shape index (κ2) is 5.44. The highest BCUT2D eigenvalue weighted by atomic mass is 19.1. The number of hydrogen-bond donors (Lipinski definition) is 2. The molecule has 0 saturated carbocycles. The quantitative estimate of drug-likeness (QED) is 0.719. The van der Waals surface area contributed by atoms with Crippen molar-refractivity contribution in [2.45, 2.75) is 12.8 Å². The molecule has 0 fully saturated rings. The lowest BCUT2D eigenvalue weighted by Gasteiger charge is -2.16. The van der Waals surface area contributed by atoms with E-state index < -0.39 is 11.7 Å². The smallest absolute Gasteiger partial charge is 0.228 e. The number of aryl methyl sites for hydroxylation is 1. The van der Waals surface area contributed by atoms with Crippen molar-refractivity contribution in [3.8, 4) is 0 Å². The molecule has 1 unspecified atom stereocenters. The SMILES string of the molecule is Cc1nnc(C(c2ccncc2)c2ccc(N)c(N)c2F)o1. The summed E-state index contributed by atoms with van der Waals surface area (Å²) in [6, 6.07) is 6.66. The van der Waals surface area contributed by atoms with Crippen LogP contribution in [0.5, 0.6) is 0 Å². The van der Waals surface area contributed by atoms with Crippen molar-refractivity contribution in [3.05, 3.63) is 65.4 Å². The zero-order chi connectivity index (χ0) is 15.7. The number of pyridine rings is 1. The maximum Gasteiger partial charge on any atom is 0.228 e. The number of hydrogen-bond acceptors (Lipinski definition) is 6. The second-order valence-corrected chi connectivity index (χ2v) is 4.84. The standard InChI is InChI=1S/C15H14FN5O/c1-8-20-21-15(22-8)12(9-4-6-19-7-5-9)10-2-3-11(17)14(18)13(10)16/h2-7,12H,17-18H2,1H3.